The van der Waals surface area contributed by atoms with E-state index in [-0.39, 0.29) is 0 Å². The average molecular weight is 151 g/mol. The number of nitrogens with one attached hydrogen (secondary N) is 2. The Kier molecular flexibility index (Phi) is 1.16. The molecule has 2 aromatic heterocycles. The van der Waals surface area contributed by atoms with E-state index in [9.17, 15) is 0 Å². The second kappa shape index (κ2) is 2.13. The molecule has 0 unspecified atom stereocenters. The fraction of sp³-hybridized carbons (Fsp3) is 0. The summed E-state index contributed by atoms with van der Waals surface area (Å²) in [5.74, 6) is 5.40. The first-order chi connectivity index (χ1) is 5.40. The SMILES string of the molecule is NNc1ncc2n[nH]nc2n1. The third kappa shape index (κ3) is 0.867. The summed E-state index contributed by atoms with van der Waals surface area (Å²) in [6, 6.07) is 0. The van der Waals surface area contributed by atoms with Crippen LogP contribution in [0.4, 0.5) is 5.95 Å². The lowest BCUT2D eigenvalue weighted by molar-refractivity contribution is 0.954. The molecule has 0 aliphatic heterocycles. The van der Waals surface area contributed by atoms with Gasteiger partial charge in [-0.2, -0.15) is 15.3 Å². The maximum absolute atomic E-state index is 5.08. The van der Waals surface area contributed by atoms with Crippen molar-refractivity contribution in [3.8, 4) is 0 Å². The predicted octanol–water partition coefficient (Wildman–Crippen LogP) is -0.967. The van der Waals surface area contributed by atoms with Crippen LogP contribution in [0.5, 0.6) is 0 Å². The van der Waals surface area contributed by atoms with Crippen LogP contribution in [-0.4, -0.2) is 25.4 Å². The lowest BCUT2D eigenvalue weighted by atomic mass is 10.6. The smallest absolute Gasteiger partial charge is 0.239 e. The molecule has 0 aliphatic carbocycles. The molecule has 4 N–H and O–H groups in total. The maximum atomic E-state index is 5.08. The first kappa shape index (κ1) is 5.98. The molecule has 0 atom stereocenters. The van der Waals surface area contributed by atoms with Gasteiger partial charge < -0.3 is 0 Å². The van der Waals surface area contributed by atoms with Gasteiger partial charge in [0, 0.05) is 0 Å². The highest BCUT2D eigenvalue weighted by molar-refractivity contribution is 5.68. The molecule has 2 rings (SSSR count). The van der Waals surface area contributed by atoms with Crippen LogP contribution in [0, 0.1) is 0 Å². The summed E-state index contributed by atoms with van der Waals surface area (Å²) in [5.41, 5.74) is 3.41. The maximum Gasteiger partial charge on any atom is 0.239 e. The zero-order chi connectivity index (χ0) is 7.68. The quantitative estimate of drug-likeness (QED) is 0.358. The van der Waals surface area contributed by atoms with E-state index < -0.39 is 0 Å². The molecule has 0 aliphatic rings. The summed E-state index contributed by atoms with van der Waals surface area (Å²) in [7, 11) is 0. The van der Waals surface area contributed by atoms with Gasteiger partial charge in [-0.25, -0.2) is 10.8 Å². The zero-order valence-corrected chi connectivity index (χ0v) is 5.44. The molecule has 0 aromatic carbocycles. The van der Waals surface area contributed by atoms with Gasteiger partial charge in [0.25, 0.3) is 0 Å². The van der Waals surface area contributed by atoms with E-state index in [0.717, 1.165) is 0 Å². The number of rotatable bonds is 1. The van der Waals surface area contributed by atoms with Crippen molar-refractivity contribution < 1.29 is 0 Å². The van der Waals surface area contributed by atoms with E-state index in [1.165, 1.54) is 6.20 Å². The van der Waals surface area contributed by atoms with Gasteiger partial charge in [-0.1, -0.05) is 0 Å². The summed E-state index contributed by atoms with van der Waals surface area (Å²) in [6.07, 6.45) is 1.53. The van der Waals surface area contributed by atoms with Gasteiger partial charge in [0.15, 0.2) is 0 Å². The van der Waals surface area contributed by atoms with Crippen molar-refractivity contribution in [2.75, 3.05) is 5.43 Å². The third-order valence-electron chi connectivity index (χ3n) is 1.21. The summed E-state index contributed by atoms with van der Waals surface area (Å²) >= 11 is 0. The summed E-state index contributed by atoms with van der Waals surface area (Å²) in [6.45, 7) is 0. The molecule has 0 spiro atoms. The second-order valence-electron chi connectivity index (χ2n) is 1.87. The van der Waals surface area contributed by atoms with Crippen molar-refractivity contribution in [1.82, 2.24) is 25.4 Å². The van der Waals surface area contributed by atoms with Crippen molar-refractivity contribution in [3.05, 3.63) is 6.20 Å². The number of nitrogens with two attached hydrogens (primary N) is 1. The Labute approximate surface area is 61.0 Å². The van der Waals surface area contributed by atoms with Crippen molar-refractivity contribution in [2.24, 2.45) is 5.84 Å². The summed E-state index contributed by atoms with van der Waals surface area (Å²) in [4.78, 5) is 7.73. The summed E-state index contributed by atoms with van der Waals surface area (Å²) < 4.78 is 0. The van der Waals surface area contributed by atoms with Gasteiger partial charge in [0.05, 0.1) is 6.20 Å². The van der Waals surface area contributed by atoms with Gasteiger partial charge in [-0.15, -0.1) is 5.10 Å². The van der Waals surface area contributed by atoms with Crippen molar-refractivity contribution in [1.29, 1.82) is 0 Å². The number of nitrogens with zero attached hydrogens (tertiary/aromatic N) is 4. The predicted molar refractivity (Wildman–Crippen MR) is 37.3 cm³/mol. The Morgan fingerprint density at radius 2 is 2.36 bits per heavy atom. The number of hydrogen-bond donors (Lipinski definition) is 3. The number of nitrogen functional groups attached to an aromatic ring is 1. The number of aromatic amines is 1. The first-order valence-electron chi connectivity index (χ1n) is 2.90. The standard InChI is InChI=1S/C4H5N7/c5-8-4-6-1-2-3(7-4)10-11-9-2/h1H,5H2,(H2,6,7,8,9,10,11). The highest BCUT2D eigenvalue weighted by Crippen LogP contribution is 2.03. The topological polar surface area (TPSA) is 105 Å². The van der Waals surface area contributed by atoms with Crippen LogP contribution in [0.15, 0.2) is 6.20 Å². The lowest BCUT2D eigenvalue weighted by Gasteiger charge is -1.93. The highest BCUT2D eigenvalue weighted by Gasteiger charge is 1.99. The number of H-pyrrole nitrogens is 1. The minimum atomic E-state index is 0.325. The number of hydrogen-bond acceptors (Lipinski definition) is 6. The lowest BCUT2D eigenvalue weighted by Crippen LogP contribution is -2.09. The van der Waals surface area contributed by atoms with Gasteiger partial charge in [-0.05, 0) is 0 Å². The fourth-order valence-electron chi connectivity index (χ4n) is 0.723. The minimum absolute atomic E-state index is 0.325. The van der Waals surface area contributed by atoms with Crippen molar-refractivity contribution >= 4 is 17.1 Å². The molecule has 0 bridgehead atoms. The van der Waals surface area contributed by atoms with Gasteiger partial charge in [0.2, 0.25) is 11.6 Å². The molecule has 0 saturated carbocycles. The van der Waals surface area contributed by atoms with Crippen LogP contribution in [0.3, 0.4) is 0 Å². The molecular formula is C4H5N7. The fourth-order valence-corrected chi connectivity index (χ4v) is 0.723. The number of hydrazine groups is 1. The number of fused-ring (bicyclic) bond motifs is 1. The minimum Gasteiger partial charge on any atom is -0.292 e. The van der Waals surface area contributed by atoms with Crippen LogP contribution in [0.1, 0.15) is 0 Å². The molecule has 7 nitrogen and oxygen atoms in total. The number of anilines is 1. The molecule has 56 valence electrons. The Balaban J connectivity index is 2.67. The molecule has 2 aromatic rings. The third-order valence-corrected chi connectivity index (χ3v) is 1.21. The Bertz CT molecular complexity index is 365. The Hall–Kier alpha value is -1.76. The Morgan fingerprint density at radius 1 is 1.45 bits per heavy atom. The second-order valence-corrected chi connectivity index (χ2v) is 1.87. The van der Waals surface area contributed by atoms with Gasteiger partial charge >= 0.3 is 0 Å². The van der Waals surface area contributed by atoms with E-state index in [1.807, 2.05) is 0 Å². The Morgan fingerprint density at radius 3 is 3.18 bits per heavy atom. The normalized spacial score (nSPS) is 10.3. The zero-order valence-electron chi connectivity index (χ0n) is 5.44. The van der Waals surface area contributed by atoms with Gasteiger partial charge in [0.1, 0.15) is 5.52 Å². The average Bonchev–Trinajstić information content (AvgIpc) is 2.50. The van der Waals surface area contributed by atoms with Crippen LogP contribution in [0.25, 0.3) is 11.2 Å². The van der Waals surface area contributed by atoms with Crippen LogP contribution >= 0.6 is 0 Å². The molecule has 0 amide bonds. The molecule has 0 fully saturated rings. The van der Waals surface area contributed by atoms with E-state index in [4.69, 9.17) is 5.84 Å². The van der Waals surface area contributed by atoms with Crippen LogP contribution in [-0.2, 0) is 0 Å². The molecule has 0 radical (unpaired) electrons. The highest BCUT2D eigenvalue weighted by atomic mass is 15.4. The first-order valence-corrected chi connectivity index (χ1v) is 2.90. The monoisotopic (exact) mass is 151 g/mol. The van der Waals surface area contributed by atoms with E-state index >= 15 is 0 Å². The molecule has 7 heteroatoms. The molecule has 2 heterocycles. The molecular weight excluding hydrogens is 146 g/mol. The molecule has 11 heavy (non-hydrogen) atoms. The van der Waals surface area contributed by atoms with Crippen molar-refractivity contribution in [3.63, 3.8) is 0 Å². The van der Waals surface area contributed by atoms with E-state index in [0.29, 0.717) is 17.1 Å². The van der Waals surface area contributed by atoms with Crippen LogP contribution in [0.2, 0.25) is 0 Å². The van der Waals surface area contributed by atoms with E-state index in [1.54, 1.807) is 0 Å². The number of aromatic nitrogens is 5. The van der Waals surface area contributed by atoms with E-state index in [2.05, 4.69) is 30.8 Å². The summed E-state index contributed by atoms with van der Waals surface area (Å²) in [5, 5.41) is 9.93. The van der Waals surface area contributed by atoms with Gasteiger partial charge in [-0.3, -0.25) is 5.43 Å². The largest absolute Gasteiger partial charge is 0.292 e. The van der Waals surface area contributed by atoms with Crippen molar-refractivity contribution in [2.45, 2.75) is 0 Å². The van der Waals surface area contributed by atoms with Crippen LogP contribution < -0.4 is 11.3 Å². The molecule has 0 saturated heterocycles.